The zero-order valence-electron chi connectivity index (χ0n) is 9.97. The molecule has 1 amide bonds. The fraction of sp³-hybridized carbons (Fsp3) is 0.500. The van der Waals surface area contributed by atoms with Crippen LogP contribution in [0.1, 0.15) is 22.5 Å². The van der Waals surface area contributed by atoms with E-state index in [2.05, 4.69) is 0 Å². The van der Waals surface area contributed by atoms with Crippen molar-refractivity contribution in [1.82, 2.24) is 0 Å². The van der Waals surface area contributed by atoms with Crippen molar-refractivity contribution in [2.24, 2.45) is 5.92 Å². The molecule has 0 radical (unpaired) electrons. The van der Waals surface area contributed by atoms with Crippen LogP contribution in [0.15, 0.2) is 10.3 Å². The van der Waals surface area contributed by atoms with Crippen LogP contribution >= 0.6 is 23.1 Å². The minimum absolute atomic E-state index is 0.147. The number of methoxy groups -OCH3 is 1. The van der Waals surface area contributed by atoms with Crippen molar-refractivity contribution in [3.63, 3.8) is 0 Å². The number of fused-ring (bicyclic) bond motifs is 1. The van der Waals surface area contributed by atoms with E-state index < -0.39 is 0 Å². The van der Waals surface area contributed by atoms with Crippen LogP contribution in [0.5, 0.6) is 0 Å². The van der Waals surface area contributed by atoms with E-state index in [9.17, 15) is 9.59 Å². The highest BCUT2D eigenvalue weighted by Gasteiger charge is 2.33. The second-order valence-electron chi connectivity index (χ2n) is 4.51. The third-order valence-electron chi connectivity index (χ3n) is 3.12. The molecule has 0 saturated heterocycles. The van der Waals surface area contributed by atoms with Gasteiger partial charge < -0.3 is 9.64 Å². The van der Waals surface area contributed by atoms with E-state index in [-0.39, 0.29) is 11.9 Å². The lowest BCUT2D eigenvalue weighted by Crippen LogP contribution is -2.36. The van der Waals surface area contributed by atoms with Gasteiger partial charge in [0, 0.05) is 6.54 Å². The molecule has 0 bridgehead atoms. The van der Waals surface area contributed by atoms with Gasteiger partial charge >= 0.3 is 5.97 Å². The van der Waals surface area contributed by atoms with Crippen LogP contribution in [0.25, 0.3) is 0 Å². The van der Waals surface area contributed by atoms with E-state index in [4.69, 9.17) is 4.74 Å². The first kappa shape index (κ1) is 12.0. The number of hydrogen-bond donors (Lipinski definition) is 0. The zero-order valence-corrected chi connectivity index (χ0v) is 11.6. The first-order valence-corrected chi connectivity index (χ1v) is 7.64. The van der Waals surface area contributed by atoms with Crippen molar-refractivity contribution < 1.29 is 14.3 Å². The monoisotopic (exact) mass is 283 g/mol. The summed E-state index contributed by atoms with van der Waals surface area (Å²) in [7, 11) is 1.38. The van der Waals surface area contributed by atoms with Gasteiger partial charge in [-0.15, -0.1) is 23.1 Å². The van der Waals surface area contributed by atoms with Gasteiger partial charge in [0.25, 0.3) is 0 Å². The Labute approximate surface area is 113 Å². The fourth-order valence-corrected chi connectivity index (χ4v) is 4.18. The first-order valence-electron chi connectivity index (χ1n) is 5.84. The Hall–Kier alpha value is -1.01. The maximum absolute atomic E-state index is 12.0. The molecule has 0 N–H and O–H groups in total. The van der Waals surface area contributed by atoms with Crippen molar-refractivity contribution >= 4 is 40.7 Å². The number of rotatable bonds is 3. The molecule has 2 aliphatic rings. The summed E-state index contributed by atoms with van der Waals surface area (Å²) in [5.41, 5.74) is 0.897. The first-order chi connectivity index (χ1) is 8.69. The minimum Gasteiger partial charge on any atom is -0.465 e. The number of thiophene rings is 1. The van der Waals surface area contributed by atoms with Crippen LogP contribution in [0.4, 0.5) is 5.69 Å². The van der Waals surface area contributed by atoms with Crippen LogP contribution in [-0.2, 0) is 9.53 Å². The van der Waals surface area contributed by atoms with Crippen LogP contribution in [0.2, 0.25) is 0 Å². The number of anilines is 1. The van der Waals surface area contributed by atoms with Gasteiger partial charge in [-0.25, -0.2) is 4.79 Å². The number of thioether (sulfide) groups is 1. The third kappa shape index (κ3) is 2.14. The molecular formula is C12H13NO3S2. The zero-order chi connectivity index (χ0) is 12.7. The highest BCUT2D eigenvalue weighted by molar-refractivity contribution is 8.02. The Balaban J connectivity index is 1.91. The molecule has 1 aliphatic carbocycles. The predicted octanol–water partition coefficient (Wildman–Crippen LogP) is 2.38. The Morgan fingerprint density at radius 2 is 2.33 bits per heavy atom. The minimum atomic E-state index is -0.325. The molecule has 1 aliphatic heterocycles. The molecule has 0 spiro atoms. The van der Waals surface area contributed by atoms with E-state index in [1.807, 2.05) is 4.90 Å². The number of amides is 1. The van der Waals surface area contributed by atoms with Gasteiger partial charge in [0.1, 0.15) is 4.88 Å². The van der Waals surface area contributed by atoms with Gasteiger partial charge in [-0.2, -0.15) is 0 Å². The van der Waals surface area contributed by atoms with Crippen molar-refractivity contribution in [3.8, 4) is 0 Å². The SMILES string of the molecule is COC(=O)c1cc2c(s1)SCC(=O)N2CC1CC1. The third-order valence-corrected chi connectivity index (χ3v) is 5.49. The van der Waals surface area contributed by atoms with E-state index in [1.165, 1.54) is 43.1 Å². The van der Waals surface area contributed by atoms with E-state index in [0.29, 0.717) is 16.5 Å². The normalized spacial score (nSPS) is 18.7. The summed E-state index contributed by atoms with van der Waals surface area (Å²) in [6.07, 6.45) is 2.42. The van der Waals surface area contributed by atoms with Crippen LogP contribution in [0.3, 0.4) is 0 Å². The summed E-state index contributed by atoms with van der Waals surface area (Å²) in [5.74, 6) is 0.940. The summed E-state index contributed by atoms with van der Waals surface area (Å²) < 4.78 is 5.78. The second-order valence-corrected chi connectivity index (χ2v) is 6.81. The lowest BCUT2D eigenvalue weighted by molar-refractivity contribution is -0.116. The molecule has 1 aromatic heterocycles. The number of nitrogens with zero attached hydrogens (tertiary/aromatic N) is 1. The predicted molar refractivity (Wildman–Crippen MR) is 71.5 cm³/mol. The summed E-state index contributed by atoms with van der Waals surface area (Å²) in [5, 5.41) is 0. The molecule has 2 heterocycles. The Kier molecular flexibility index (Phi) is 3.07. The quantitative estimate of drug-likeness (QED) is 0.799. The number of ether oxygens (including phenoxy) is 1. The van der Waals surface area contributed by atoms with E-state index in [0.717, 1.165) is 16.4 Å². The summed E-state index contributed by atoms with van der Waals surface area (Å²) in [6.45, 7) is 0.795. The van der Waals surface area contributed by atoms with Gasteiger partial charge in [0.15, 0.2) is 0 Å². The molecule has 1 fully saturated rings. The summed E-state index contributed by atoms with van der Waals surface area (Å²) in [6, 6.07) is 1.79. The molecule has 1 aromatic rings. The van der Waals surface area contributed by atoms with Crippen molar-refractivity contribution in [2.75, 3.05) is 24.3 Å². The molecule has 1 saturated carbocycles. The molecular weight excluding hydrogens is 270 g/mol. The highest BCUT2D eigenvalue weighted by atomic mass is 32.2. The smallest absolute Gasteiger partial charge is 0.348 e. The molecule has 0 unspecified atom stereocenters. The average Bonchev–Trinajstić information content (AvgIpc) is 3.08. The maximum Gasteiger partial charge on any atom is 0.348 e. The Bertz CT molecular complexity index is 507. The number of hydrogen-bond acceptors (Lipinski definition) is 5. The maximum atomic E-state index is 12.0. The highest BCUT2D eigenvalue weighted by Crippen LogP contribution is 2.44. The van der Waals surface area contributed by atoms with Crippen LogP contribution in [-0.4, -0.2) is 31.3 Å². The lowest BCUT2D eigenvalue weighted by atomic mass is 10.3. The van der Waals surface area contributed by atoms with Gasteiger partial charge in [-0.1, -0.05) is 0 Å². The van der Waals surface area contributed by atoms with Gasteiger partial charge in [-0.3, -0.25) is 4.79 Å². The van der Waals surface area contributed by atoms with Crippen LogP contribution in [0, 0.1) is 5.92 Å². The topological polar surface area (TPSA) is 46.6 Å². The van der Waals surface area contributed by atoms with E-state index in [1.54, 1.807) is 6.07 Å². The van der Waals surface area contributed by atoms with Gasteiger partial charge in [0.05, 0.1) is 22.8 Å². The second kappa shape index (κ2) is 4.59. The molecule has 3 rings (SSSR count). The lowest BCUT2D eigenvalue weighted by Gasteiger charge is -2.26. The summed E-state index contributed by atoms with van der Waals surface area (Å²) in [4.78, 5) is 25.9. The molecule has 4 nitrogen and oxygen atoms in total. The van der Waals surface area contributed by atoms with Crippen molar-refractivity contribution in [2.45, 2.75) is 17.1 Å². The molecule has 96 valence electrons. The molecule has 18 heavy (non-hydrogen) atoms. The number of esters is 1. The molecule has 0 atom stereocenters. The summed E-state index contributed by atoms with van der Waals surface area (Å²) >= 11 is 2.93. The number of carbonyl (C=O) groups is 2. The fourth-order valence-electron chi connectivity index (χ4n) is 1.96. The van der Waals surface area contributed by atoms with Gasteiger partial charge in [0.2, 0.25) is 5.91 Å². The van der Waals surface area contributed by atoms with Gasteiger partial charge in [-0.05, 0) is 24.8 Å². The van der Waals surface area contributed by atoms with Crippen molar-refractivity contribution in [3.05, 3.63) is 10.9 Å². The molecule has 6 heteroatoms. The Morgan fingerprint density at radius 1 is 1.56 bits per heavy atom. The number of carbonyl (C=O) groups excluding carboxylic acids is 2. The van der Waals surface area contributed by atoms with Crippen molar-refractivity contribution in [1.29, 1.82) is 0 Å². The van der Waals surface area contributed by atoms with Crippen LogP contribution < -0.4 is 4.90 Å². The standard InChI is InChI=1S/C12H13NO3S2/c1-16-11(15)9-4-8-12(18-9)17-6-10(14)13(8)5-7-2-3-7/h4,7H,2-3,5-6H2,1H3. The van der Waals surface area contributed by atoms with E-state index >= 15 is 0 Å². The molecule has 0 aromatic carbocycles. The average molecular weight is 283 g/mol. The largest absolute Gasteiger partial charge is 0.465 e. The Morgan fingerprint density at radius 3 is 3.00 bits per heavy atom.